The van der Waals surface area contributed by atoms with Crippen molar-refractivity contribution in [1.29, 1.82) is 0 Å². The van der Waals surface area contributed by atoms with Gasteiger partial charge in [-0.1, -0.05) is 42.1 Å². The van der Waals surface area contributed by atoms with E-state index in [1.807, 2.05) is 30.3 Å². The fraction of sp³-hybridized carbons (Fsp3) is 0.286. The van der Waals surface area contributed by atoms with Gasteiger partial charge >= 0.3 is 0 Å². The van der Waals surface area contributed by atoms with E-state index in [1.165, 1.54) is 24.4 Å². The molecule has 2 aromatic rings. The molecule has 2 amide bonds. The monoisotopic (exact) mass is 413 g/mol. The number of methoxy groups -OCH3 is 2. The van der Waals surface area contributed by atoms with E-state index in [1.54, 1.807) is 25.3 Å². The molecule has 0 radical (unpaired) electrons. The molecule has 2 aromatic carbocycles. The number of hydrogen-bond donors (Lipinski definition) is 2. The van der Waals surface area contributed by atoms with Gasteiger partial charge in [0.05, 0.1) is 14.2 Å². The number of carbonyl (C=O) groups excluding carboxylic acids is 2. The number of anilines is 1. The Bertz CT molecular complexity index is 902. The standard InChI is InChI=1S/C21H23N3O4S/c1-27-16-9-8-15(12-17(16)28-2)23-19(25)13-18-20(26)24-21(29-18)22-11-10-14-6-4-3-5-7-14/h3-9,12,18H,10-11,13H2,1-2H3,(H,23,25)(H,22,24,26)/t18-/m1/s1. The van der Waals surface area contributed by atoms with Crippen molar-refractivity contribution in [3.63, 3.8) is 0 Å². The molecule has 0 saturated carbocycles. The average molecular weight is 413 g/mol. The lowest BCUT2D eigenvalue weighted by Gasteiger charge is -2.11. The van der Waals surface area contributed by atoms with Gasteiger partial charge in [0.25, 0.3) is 0 Å². The molecular formula is C21H23N3O4S. The molecular weight excluding hydrogens is 390 g/mol. The largest absolute Gasteiger partial charge is 0.493 e. The molecule has 1 aliphatic heterocycles. The Morgan fingerprint density at radius 3 is 2.62 bits per heavy atom. The zero-order valence-corrected chi connectivity index (χ0v) is 17.1. The lowest BCUT2D eigenvalue weighted by Crippen LogP contribution is -2.28. The molecule has 0 aliphatic carbocycles. The average Bonchev–Trinajstić information content (AvgIpc) is 3.07. The molecule has 7 nitrogen and oxygen atoms in total. The summed E-state index contributed by atoms with van der Waals surface area (Å²) in [5, 5.41) is 5.61. The quantitative estimate of drug-likeness (QED) is 0.695. The van der Waals surface area contributed by atoms with Crippen LogP contribution in [0.25, 0.3) is 0 Å². The lowest BCUT2D eigenvalue weighted by molar-refractivity contribution is -0.122. The number of hydrogen-bond acceptors (Lipinski definition) is 6. The van der Waals surface area contributed by atoms with Crippen molar-refractivity contribution in [2.24, 2.45) is 4.99 Å². The van der Waals surface area contributed by atoms with Gasteiger partial charge < -0.3 is 20.1 Å². The van der Waals surface area contributed by atoms with Crippen LogP contribution >= 0.6 is 11.8 Å². The second-order valence-electron chi connectivity index (χ2n) is 6.34. The van der Waals surface area contributed by atoms with Gasteiger partial charge in [-0.15, -0.1) is 0 Å². The van der Waals surface area contributed by atoms with Crippen molar-refractivity contribution in [2.45, 2.75) is 18.1 Å². The fourth-order valence-corrected chi connectivity index (χ4v) is 3.84. The Balaban J connectivity index is 1.51. The molecule has 3 rings (SSSR count). The minimum atomic E-state index is -0.495. The molecule has 0 aromatic heterocycles. The molecule has 1 aliphatic rings. The first-order valence-electron chi connectivity index (χ1n) is 9.17. The van der Waals surface area contributed by atoms with E-state index in [0.717, 1.165) is 6.42 Å². The van der Waals surface area contributed by atoms with Gasteiger partial charge in [-0.2, -0.15) is 0 Å². The normalized spacial score (nSPS) is 17.1. The van der Waals surface area contributed by atoms with Crippen LogP contribution in [0.2, 0.25) is 0 Å². The molecule has 0 spiro atoms. The number of thioether (sulfide) groups is 1. The van der Waals surface area contributed by atoms with Crippen molar-refractivity contribution in [3.05, 3.63) is 54.1 Å². The predicted molar refractivity (Wildman–Crippen MR) is 115 cm³/mol. The van der Waals surface area contributed by atoms with Gasteiger partial charge in [0.2, 0.25) is 11.8 Å². The van der Waals surface area contributed by atoms with Crippen LogP contribution in [0.5, 0.6) is 11.5 Å². The van der Waals surface area contributed by atoms with E-state index in [9.17, 15) is 9.59 Å². The van der Waals surface area contributed by atoms with E-state index in [2.05, 4.69) is 15.6 Å². The maximum Gasteiger partial charge on any atom is 0.240 e. The van der Waals surface area contributed by atoms with E-state index in [-0.39, 0.29) is 18.2 Å². The highest BCUT2D eigenvalue weighted by molar-refractivity contribution is 8.15. The van der Waals surface area contributed by atoms with E-state index in [0.29, 0.717) is 28.9 Å². The Labute approximate surface area is 173 Å². The summed E-state index contributed by atoms with van der Waals surface area (Å²) in [4.78, 5) is 29.0. The molecule has 0 bridgehead atoms. The van der Waals surface area contributed by atoms with Gasteiger partial charge in [0, 0.05) is 24.7 Å². The fourth-order valence-electron chi connectivity index (χ4n) is 2.84. The third kappa shape index (κ3) is 5.74. The van der Waals surface area contributed by atoms with Crippen LogP contribution in [-0.4, -0.2) is 43.0 Å². The second kappa shape index (κ2) is 9.97. The topological polar surface area (TPSA) is 89.0 Å². The van der Waals surface area contributed by atoms with Gasteiger partial charge in [-0.3, -0.25) is 14.6 Å². The zero-order valence-electron chi connectivity index (χ0n) is 16.3. The Morgan fingerprint density at radius 1 is 1.14 bits per heavy atom. The molecule has 29 heavy (non-hydrogen) atoms. The molecule has 1 fully saturated rings. The maximum absolute atomic E-state index is 12.4. The SMILES string of the molecule is COc1ccc(NC(=O)C[C@H]2SC(=NCCc3ccccc3)NC2=O)cc1OC. The van der Waals surface area contributed by atoms with Crippen molar-refractivity contribution < 1.29 is 19.1 Å². The van der Waals surface area contributed by atoms with Crippen molar-refractivity contribution >= 4 is 34.4 Å². The summed E-state index contributed by atoms with van der Waals surface area (Å²) in [6.07, 6.45) is 0.855. The number of amides is 2. The van der Waals surface area contributed by atoms with Crippen molar-refractivity contribution in [2.75, 3.05) is 26.1 Å². The van der Waals surface area contributed by atoms with Crippen LogP contribution in [0.4, 0.5) is 5.69 Å². The summed E-state index contributed by atoms with van der Waals surface area (Å²) in [5.41, 5.74) is 1.77. The lowest BCUT2D eigenvalue weighted by atomic mass is 10.2. The number of rotatable bonds is 8. The Kier molecular flexibility index (Phi) is 7.13. The first-order chi connectivity index (χ1) is 14.1. The predicted octanol–water partition coefficient (Wildman–Crippen LogP) is 2.86. The van der Waals surface area contributed by atoms with Gasteiger partial charge in [0.1, 0.15) is 5.25 Å². The summed E-state index contributed by atoms with van der Waals surface area (Å²) in [6, 6.07) is 15.1. The molecule has 2 N–H and O–H groups in total. The number of benzene rings is 2. The Hall–Kier alpha value is -3.00. The molecule has 1 saturated heterocycles. The number of amidine groups is 1. The molecule has 1 heterocycles. The number of aliphatic imine (C=N–C) groups is 1. The highest BCUT2D eigenvalue weighted by Gasteiger charge is 2.32. The van der Waals surface area contributed by atoms with Gasteiger partial charge in [-0.25, -0.2) is 0 Å². The van der Waals surface area contributed by atoms with Crippen LogP contribution < -0.4 is 20.1 Å². The summed E-state index contributed by atoms with van der Waals surface area (Å²) in [7, 11) is 3.08. The first kappa shape index (κ1) is 20.7. The van der Waals surface area contributed by atoms with Crippen molar-refractivity contribution in [3.8, 4) is 11.5 Å². The summed E-state index contributed by atoms with van der Waals surface area (Å²) >= 11 is 1.29. The number of nitrogens with one attached hydrogen (secondary N) is 2. The number of carbonyl (C=O) groups is 2. The maximum atomic E-state index is 12.4. The van der Waals surface area contributed by atoms with E-state index >= 15 is 0 Å². The summed E-state index contributed by atoms with van der Waals surface area (Å²) in [6.45, 7) is 0.581. The van der Waals surface area contributed by atoms with Crippen LogP contribution in [0.15, 0.2) is 53.5 Å². The van der Waals surface area contributed by atoms with Crippen LogP contribution in [0.3, 0.4) is 0 Å². The summed E-state index contributed by atoms with van der Waals surface area (Å²) in [5.74, 6) is 0.644. The van der Waals surface area contributed by atoms with Gasteiger partial charge in [0.15, 0.2) is 16.7 Å². The highest BCUT2D eigenvalue weighted by Crippen LogP contribution is 2.30. The Morgan fingerprint density at radius 2 is 1.90 bits per heavy atom. The smallest absolute Gasteiger partial charge is 0.240 e. The minimum absolute atomic E-state index is 0.0581. The van der Waals surface area contributed by atoms with Gasteiger partial charge in [-0.05, 0) is 24.1 Å². The molecule has 1 atom stereocenters. The highest BCUT2D eigenvalue weighted by atomic mass is 32.2. The third-order valence-corrected chi connectivity index (χ3v) is 5.43. The minimum Gasteiger partial charge on any atom is -0.493 e. The van der Waals surface area contributed by atoms with Crippen molar-refractivity contribution in [1.82, 2.24) is 5.32 Å². The third-order valence-electron chi connectivity index (χ3n) is 4.31. The summed E-state index contributed by atoms with van der Waals surface area (Å²) < 4.78 is 10.4. The first-order valence-corrected chi connectivity index (χ1v) is 10.0. The zero-order chi connectivity index (χ0) is 20.6. The molecule has 152 valence electrons. The van der Waals surface area contributed by atoms with Crippen LogP contribution in [-0.2, 0) is 16.0 Å². The van der Waals surface area contributed by atoms with E-state index < -0.39 is 5.25 Å². The second-order valence-corrected chi connectivity index (χ2v) is 7.53. The molecule has 8 heteroatoms. The number of nitrogens with zero attached hydrogens (tertiary/aromatic N) is 1. The van der Waals surface area contributed by atoms with E-state index in [4.69, 9.17) is 9.47 Å². The van der Waals surface area contributed by atoms with Crippen LogP contribution in [0.1, 0.15) is 12.0 Å². The number of ether oxygens (including phenoxy) is 2. The van der Waals surface area contributed by atoms with Crippen LogP contribution in [0, 0.1) is 0 Å². The molecule has 0 unspecified atom stereocenters.